The van der Waals surface area contributed by atoms with E-state index < -0.39 is 0 Å². The molecule has 2 aromatic carbocycles. The number of nitrogens with zero attached hydrogens (tertiary/aromatic N) is 2. The molecular weight excluding hydrogens is 320 g/mol. The van der Waals surface area contributed by atoms with Crippen LogP contribution in [-0.4, -0.2) is 48.4 Å². The Hall–Kier alpha value is -2.65. The molecule has 26 heavy (non-hydrogen) atoms. The topological polar surface area (TPSA) is 23.6 Å². The van der Waals surface area contributed by atoms with Crippen LogP contribution in [0.5, 0.6) is 0 Å². The van der Waals surface area contributed by atoms with Crippen molar-refractivity contribution in [3.8, 4) is 0 Å². The first kappa shape index (κ1) is 18.2. The van der Waals surface area contributed by atoms with Crippen molar-refractivity contribution in [2.45, 2.75) is 6.92 Å². The predicted molar refractivity (Wildman–Crippen MR) is 109 cm³/mol. The molecule has 1 aliphatic heterocycles. The monoisotopic (exact) mass is 346 g/mol. The normalized spacial score (nSPS) is 16.2. The molecule has 0 aromatic heterocycles. The maximum atomic E-state index is 12.5. The van der Waals surface area contributed by atoms with E-state index in [1.807, 2.05) is 48.2 Å². The standard InChI is InChI=1S/C23H26N2O/c1-20(22-12-6-3-7-13-22)19-23(26)25-17-15-24(16-18-25)14-8-11-21-9-4-2-5-10-21/h2-13,19H,14-18H2,1H3. The van der Waals surface area contributed by atoms with Crippen LogP contribution in [0.25, 0.3) is 11.6 Å². The van der Waals surface area contributed by atoms with Crippen LogP contribution in [0.3, 0.4) is 0 Å². The fourth-order valence-corrected chi connectivity index (χ4v) is 3.11. The molecule has 0 unspecified atom stereocenters. The Kier molecular flexibility index (Phi) is 6.39. The maximum Gasteiger partial charge on any atom is 0.246 e. The first-order chi connectivity index (χ1) is 12.7. The van der Waals surface area contributed by atoms with Crippen LogP contribution < -0.4 is 0 Å². The highest BCUT2D eigenvalue weighted by Crippen LogP contribution is 2.14. The van der Waals surface area contributed by atoms with E-state index >= 15 is 0 Å². The van der Waals surface area contributed by atoms with Crippen LogP contribution in [0.15, 0.2) is 72.8 Å². The highest BCUT2D eigenvalue weighted by molar-refractivity contribution is 5.94. The minimum atomic E-state index is 0.117. The van der Waals surface area contributed by atoms with Crippen molar-refractivity contribution in [3.05, 3.63) is 83.9 Å². The van der Waals surface area contributed by atoms with Crippen LogP contribution in [0.2, 0.25) is 0 Å². The third-order valence-electron chi connectivity index (χ3n) is 4.73. The first-order valence-electron chi connectivity index (χ1n) is 9.19. The minimum absolute atomic E-state index is 0.117. The number of piperazine rings is 1. The molecule has 1 heterocycles. The van der Waals surface area contributed by atoms with Crippen LogP contribution in [0, 0.1) is 0 Å². The van der Waals surface area contributed by atoms with Crippen molar-refractivity contribution >= 4 is 17.6 Å². The van der Waals surface area contributed by atoms with Gasteiger partial charge in [0.15, 0.2) is 0 Å². The van der Waals surface area contributed by atoms with Gasteiger partial charge < -0.3 is 4.90 Å². The van der Waals surface area contributed by atoms with E-state index in [1.165, 1.54) is 5.56 Å². The molecule has 1 saturated heterocycles. The second-order valence-electron chi connectivity index (χ2n) is 6.63. The maximum absolute atomic E-state index is 12.5. The van der Waals surface area contributed by atoms with Crippen molar-refractivity contribution < 1.29 is 4.79 Å². The Labute approximate surface area is 156 Å². The van der Waals surface area contributed by atoms with E-state index in [1.54, 1.807) is 6.08 Å². The van der Waals surface area contributed by atoms with E-state index in [2.05, 4.69) is 41.3 Å². The van der Waals surface area contributed by atoms with Crippen LogP contribution >= 0.6 is 0 Å². The summed E-state index contributed by atoms with van der Waals surface area (Å²) in [4.78, 5) is 16.8. The molecule has 0 N–H and O–H groups in total. The smallest absolute Gasteiger partial charge is 0.246 e. The molecule has 0 radical (unpaired) electrons. The van der Waals surface area contributed by atoms with Crippen molar-refractivity contribution in [3.63, 3.8) is 0 Å². The average Bonchev–Trinajstić information content (AvgIpc) is 2.70. The zero-order chi connectivity index (χ0) is 18.2. The lowest BCUT2D eigenvalue weighted by Gasteiger charge is -2.33. The van der Waals surface area contributed by atoms with Crippen LogP contribution in [-0.2, 0) is 4.79 Å². The van der Waals surface area contributed by atoms with Gasteiger partial charge in [0.1, 0.15) is 0 Å². The average molecular weight is 346 g/mol. The quantitative estimate of drug-likeness (QED) is 0.766. The van der Waals surface area contributed by atoms with Crippen molar-refractivity contribution in [2.24, 2.45) is 0 Å². The number of hydrogen-bond donors (Lipinski definition) is 0. The van der Waals surface area contributed by atoms with Gasteiger partial charge in [-0.25, -0.2) is 0 Å². The van der Waals surface area contributed by atoms with E-state index in [0.717, 1.165) is 43.9 Å². The number of allylic oxidation sites excluding steroid dienone is 1. The van der Waals surface area contributed by atoms with Gasteiger partial charge in [-0.3, -0.25) is 9.69 Å². The molecule has 1 aliphatic rings. The van der Waals surface area contributed by atoms with E-state index in [9.17, 15) is 4.79 Å². The zero-order valence-corrected chi connectivity index (χ0v) is 15.3. The molecule has 1 amide bonds. The second-order valence-corrected chi connectivity index (χ2v) is 6.63. The summed E-state index contributed by atoms with van der Waals surface area (Å²) in [6.07, 6.45) is 6.12. The van der Waals surface area contributed by atoms with Gasteiger partial charge >= 0.3 is 0 Å². The van der Waals surface area contributed by atoms with Gasteiger partial charge in [-0.1, -0.05) is 72.8 Å². The number of carbonyl (C=O) groups is 1. The van der Waals surface area contributed by atoms with Crippen LogP contribution in [0.1, 0.15) is 18.1 Å². The summed E-state index contributed by atoms with van der Waals surface area (Å²) in [5.41, 5.74) is 3.34. The summed E-state index contributed by atoms with van der Waals surface area (Å²) in [5.74, 6) is 0.117. The predicted octanol–water partition coefficient (Wildman–Crippen LogP) is 3.95. The van der Waals surface area contributed by atoms with Crippen molar-refractivity contribution in [1.29, 1.82) is 0 Å². The summed E-state index contributed by atoms with van der Waals surface area (Å²) in [6.45, 7) is 6.34. The SMILES string of the molecule is CC(=CC(=O)N1CCN(CC=Cc2ccccc2)CC1)c1ccccc1. The Morgan fingerprint density at radius 2 is 1.54 bits per heavy atom. The lowest BCUT2D eigenvalue weighted by atomic mass is 10.1. The largest absolute Gasteiger partial charge is 0.337 e. The molecule has 0 atom stereocenters. The van der Waals surface area contributed by atoms with Gasteiger partial charge in [-0.15, -0.1) is 0 Å². The van der Waals surface area contributed by atoms with Gasteiger partial charge in [0, 0.05) is 38.8 Å². The number of rotatable bonds is 5. The molecule has 3 heteroatoms. The molecule has 0 bridgehead atoms. The summed E-state index contributed by atoms with van der Waals surface area (Å²) in [6, 6.07) is 20.4. The lowest BCUT2D eigenvalue weighted by Crippen LogP contribution is -2.48. The fourth-order valence-electron chi connectivity index (χ4n) is 3.11. The lowest BCUT2D eigenvalue weighted by molar-refractivity contribution is -0.127. The first-order valence-corrected chi connectivity index (χ1v) is 9.19. The number of carbonyl (C=O) groups excluding carboxylic acids is 1. The Morgan fingerprint density at radius 1 is 0.923 bits per heavy atom. The highest BCUT2D eigenvalue weighted by atomic mass is 16.2. The van der Waals surface area contributed by atoms with Crippen molar-refractivity contribution in [2.75, 3.05) is 32.7 Å². The summed E-state index contributed by atoms with van der Waals surface area (Å²) in [7, 11) is 0. The minimum Gasteiger partial charge on any atom is -0.337 e. The summed E-state index contributed by atoms with van der Waals surface area (Å²) >= 11 is 0. The second kappa shape index (κ2) is 9.16. The van der Waals surface area contributed by atoms with E-state index in [4.69, 9.17) is 0 Å². The molecule has 3 rings (SSSR count). The number of amides is 1. The van der Waals surface area contributed by atoms with E-state index in [0.29, 0.717) is 0 Å². The Balaban J connectivity index is 1.47. The third-order valence-corrected chi connectivity index (χ3v) is 4.73. The molecule has 0 saturated carbocycles. The van der Waals surface area contributed by atoms with Gasteiger partial charge in [0.2, 0.25) is 5.91 Å². The molecule has 0 aliphatic carbocycles. The number of benzene rings is 2. The summed E-state index contributed by atoms with van der Waals surface area (Å²) in [5, 5.41) is 0. The molecule has 2 aromatic rings. The van der Waals surface area contributed by atoms with E-state index in [-0.39, 0.29) is 5.91 Å². The Bertz CT molecular complexity index is 757. The Morgan fingerprint density at radius 3 is 2.19 bits per heavy atom. The van der Waals surface area contributed by atoms with Crippen LogP contribution in [0.4, 0.5) is 0 Å². The molecule has 3 nitrogen and oxygen atoms in total. The van der Waals surface area contributed by atoms with Crippen molar-refractivity contribution in [1.82, 2.24) is 9.80 Å². The highest BCUT2D eigenvalue weighted by Gasteiger charge is 2.19. The molecule has 1 fully saturated rings. The van der Waals surface area contributed by atoms with Gasteiger partial charge in [0.25, 0.3) is 0 Å². The van der Waals surface area contributed by atoms with Gasteiger partial charge in [0.05, 0.1) is 0 Å². The number of hydrogen-bond acceptors (Lipinski definition) is 2. The van der Waals surface area contributed by atoms with Gasteiger partial charge in [-0.2, -0.15) is 0 Å². The fraction of sp³-hybridized carbons (Fsp3) is 0.261. The molecule has 134 valence electrons. The summed E-state index contributed by atoms with van der Waals surface area (Å²) < 4.78 is 0. The van der Waals surface area contributed by atoms with Gasteiger partial charge in [-0.05, 0) is 23.6 Å². The molecule has 0 spiro atoms. The molecular formula is C23H26N2O. The third kappa shape index (κ3) is 5.17. The zero-order valence-electron chi connectivity index (χ0n) is 15.3.